The summed E-state index contributed by atoms with van der Waals surface area (Å²) >= 11 is 3.31. The van der Waals surface area contributed by atoms with Crippen molar-refractivity contribution in [3.63, 3.8) is 0 Å². The largest absolute Gasteiger partial charge is 0.435 e. The Bertz CT molecular complexity index is 291. The van der Waals surface area contributed by atoms with Crippen molar-refractivity contribution in [2.45, 2.75) is 19.5 Å². The Hall–Kier alpha value is -0.640. The lowest BCUT2D eigenvalue weighted by Crippen LogP contribution is -2.06. The molecule has 0 radical (unpaired) electrons. The molecule has 1 aromatic rings. The molecular weight excluding hydrogens is 254 g/mol. The zero-order valence-corrected chi connectivity index (χ0v) is 9.30. The van der Waals surface area contributed by atoms with Crippen LogP contribution < -0.4 is 4.74 Å². The summed E-state index contributed by atoms with van der Waals surface area (Å²) in [4.78, 5) is 0. The summed E-state index contributed by atoms with van der Waals surface area (Å²) in [6, 6.07) is 6.85. The van der Waals surface area contributed by atoms with E-state index in [1.54, 1.807) is 18.2 Å². The second-order valence-electron chi connectivity index (χ2n) is 2.97. The minimum atomic E-state index is -2.77. The fraction of sp³-hybridized carbons (Fsp3) is 0.400. The third-order valence-corrected chi connectivity index (χ3v) is 2.87. The molecule has 0 amide bonds. The van der Waals surface area contributed by atoms with E-state index in [2.05, 4.69) is 20.7 Å². The predicted molar refractivity (Wildman–Crippen MR) is 55.3 cm³/mol. The highest BCUT2D eigenvalue weighted by molar-refractivity contribution is 9.09. The van der Waals surface area contributed by atoms with Gasteiger partial charge in [-0.15, -0.1) is 0 Å². The molecule has 0 bridgehead atoms. The van der Waals surface area contributed by atoms with Crippen LogP contribution in [0.25, 0.3) is 0 Å². The number of para-hydroxylation sites is 1. The first-order valence-electron chi connectivity index (χ1n) is 4.25. The highest BCUT2D eigenvalue weighted by atomic mass is 79.9. The molecule has 78 valence electrons. The summed E-state index contributed by atoms with van der Waals surface area (Å²) in [6.45, 7) is -0.818. The van der Waals surface area contributed by atoms with Crippen LogP contribution in [0.5, 0.6) is 5.75 Å². The van der Waals surface area contributed by atoms with Crippen LogP contribution in [0, 0.1) is 0 Å². The van der Waals surface area contributed by atoms with Gasteiger partial charge >= 0.3 is 6.61 Å². The fourth-order valence-electron chi connectivity index (χ4n) is 1.17. The molecule has 0 aliphatic carbocycles. The molecule has 0 spiro atoms. The molecule has 1 atom stereocenters. The van der Waals surface area contributed by atoms with Crippen LogP contribution in [0.15, 0.2) is 24.3 Å². The molecule has 1 nitrogen and oxygen atoms in total. The number of hydrogen-bond donors (Lipinski definition) is 0. The van der Waals surface area contributed by atoms with Gasteiger partial charge < -0.3 is 4.74 Å². The van der Waals surface area contributed by atoms with E-state index in [1.807, 2.05) is 13.0 Å². The molecule has 0 aliphatic rings. The molecule has 1 aromatic carbocycles. The van der Waals surface area contributed by atoms with Crippen LogP contribution in [-0.2, 0) is 0 Å². The minimum absolute atomic E-state index is 0.157. The van der Waals surface area contributed by atoms with E-state index >= 15 is 0 Å². The number of benzene rings is 1. The van der Waals surface area contributed by atoms with Gasteiger partial charge in [0.25, 0.3) is 0 Å². The van der Waals surface area contributed by atoms with Gasteiger partial charge in [-0.1, -0.05) is 41.1 Å². The van der Waals surface area contributed by atoms with Gasteiger partial charge in [0.05, 0.1) is 0 Å². The Balaban J connectivity index is 2.91. The third kappa shape index (κ3) is 2.94. The summed E-state index contributed by atoms with van der Waals surface area (Å²) in [7, 11) is 0. The predicted octanol–water partition coefficient (Wildman–Crippen LogP) is 3.79. The quantitative estimate of drug-likeness (QED) is 0.752. The second-order valence-corrected chi connectivity index (χ2v) is 3.62. The van der Waals surface area contributed by atoms with E-state index in [-0.39, 0.29) is 11.7 Å². The van der Waals surface area contributed by atoms with Crippen molar-refractivity contribution >= 4 is 15.9 Å². The van der Waals surface area contributed by atoms with Gasteiger partial charge in [-0.25, -0.2) is 0 Å². The van der Waals surface area contributed by atoms with Gasteiger partial charge in [0.15, 0.2) is 0 Å². The van der Waals surface area contributed by atoms with Gasteiger partial charge in [0, 0.05) is 5.33 Å². The molecule has 0 aromatic heterocycles. The SMILES string of the molecule is CC(CBr)c1ccccc1OC(F)F. The van der Waals surface area contributed by atoms with Crippen molar-refractivity contribution in [1.82, 2.24) is 0 Å². The van der Waals surface area contributed by atoms with Gasteiger partial charge in [-0.2, -0.15) is 8.78 Å². The van der Waals surface area contributed by atoms with E-state index in [0.29, 0.717) is 0 Å². The van der Waals surface area contributed by atoms with Gasteiger partial charge in [-0.05, 0) is 17.5 Å². The highest BCUT2D eigenvalue weighted by Gasteiger charge is 2.13. The molecule has 14 heavy (non-hydrogen) atoms. The maximum absolute atomic E-state index is 12.0. The first-order valence-corrected chi connectivity index (χ1v) is 5.37. The monoisotopic (exact) mass is 264 g/mol. The summed E-state index contributed by atoms with van der Waals surface area (Å²) in [5.41, 5.74) is 0.796. The van der Waals surface area contributed by atoms with Gasteiger partial charge in [-0.3, -0.25) is 0 Å². The number of rotatable bonds is 4. The summed E-state index contributed by atoms with van der Waals surface area (Å²) in [5.74, 6) is 0.416. The average Bonchev–Trinajstić information content (AvgIpc) is 2.16. The standard InChI is InChI=1S/C10H11BrF2O/c1-7(6-11)8-4-2-3-5-9(8)14-10(12)13/h2-5,7,10H,6H2,1H3. The maximum atomic E-state index is 12.0. The smallest absolute Gasteiger partial charge is 0.387 e. The summed E-state index contributed by atoms with van der Waals surface area (Å²) < 4.78 is 28.5. The minimum Gasteiger partial charge on any atom is -0.435 e. The van der Waals surface area contributed by atoms with Gasteiger partial charge in [0.2, 0.25) is 0 Å². The topological polar surface area (TPSA) is 9.23 Å². The van der Waals surface area contributed by atoms with E-state index in [9.17, 15) is 8.78 Å². The number of alkyl halides is 3. The van der Waals surface area contributed by atoms with Crippen molar-refractivity contribution in [3.8, 4) is 5.75 Å². The molecule has 0 heterocycles. The van der Waals surface area contributed by atoms with Crippen LogP contribution in [0.2, 0.25) is 0 Å². The summed E-state index contributed by atoms with van der Waals surface area (Å²) in [6.07, 6.45) is 0. The number of hydrogen-bond acceptors (Lipinski definition) is 1. The lowest BCUT2D eigenvalue weighted by Gasteiger charge is -2.14. The Kier molecular flexibility index (Phi) is 4.32. The van der Waals surface area contributed by atoms with Crippen LogP contribution in [0.1, 0.15) is 18.4 Å². The van der Waals surface area contributed by atoms with Crippen LogP contribution in [0.4, 0.5) is 8.78 Å². The van der Waals surface area contributed by atoms with E-state index < -0.39 is 6.61 Å². The third-order valence-electron chi connectivity index (χ3n) is 1.90. The Morgan fingerprint density at radius 3 is 2.57 bits per heavy atom. The molecule has 0 aliphatic heterocycles. The molecule has 4 heteroatoms. The normalized spacial score (nSPS) is 12.9. The Morgan fingerprint density at radius 2 is 2.00 bits per heavy atom. The first kappa shape index (κ1) is 11.4. The van der Waals surface area contributed by atoms with Crippen molar-refractivity contribution in [2.75, 3.05) is 5.33 Å². The van der Waals surface area contributed by atoms with Gasteiger partial charge in [0.1, 0.15) is 5.75 Å². The fourth-order valence-corrected chi connectivity index (χ4v) is 1.52. The first-order chi connectivity index (χ1) is 6.65. The van der Waals surface area contributed by atoms with E-state index in [0.717, 1.165) is 10.9 Å². The molecule has 0 N–H and O–H groups in total. The number of halogens is 3. The molecule has 1 unspecified atom stereocenters. The Morgan fingerprint density at radius 1 is 1.36 bits per heavy atom. The molecule has 0 saturated heterocycles. The maximum Gasteiger partial charge on any atom is 0.387 e. The van der Waals surface area contributed by atoms with Crippen LogP contribution in [-0.4, -0.2) is 11.9 Å². The van der Waals surface area contributed by atoms with Crippen LogP contribution in [0.3, 0.4) is 0 Å². The van der Waals surface area contributed by atoms with Crippen molar-refractivity contribution < 1.29 is 13.5 Å². The van der Waals surface area contributed by atoms with Crippen molar-refractivity contribution in [3.05, 3.63) is 29.8 Å². The zero-order chi connectivity index (χ0) is 10.6. The van der Waals surface area contributed by atoms with E-state index in [1.165, 1.54) is 0 Å². The molecule has 1 rings (SSSR count). The molecule has 0 fully saturated rings. The van der Waals surface area contributed by atoms with Crippen molar-refractivity contribution in [1.29, 1.82) is 0 Å². The van der Waals surface area contributed by atoms with E-state index in [4.69, 9.17) is 0 Å². The zero-order valence-electron chi connectivity index (χ0n) is 7.71. The summed E-state index contributed by atoms with van der Waals surface area (Å²) in [5, 5.41) is 0.719. The molecular formula is C10H11BrF2O. The molecule has 0 saturated carbocycles. The lowest BCUT2D eigenvalue weighted by atomic mass is 10.0. The average molecular weight is 265 g/mol. The Labute approximate surface area is 90.2 Å². The highest BCUT2D eigenvalue weighted by Crippen LogP contribution is 2.28. The van der Waals surface area contributed by atoms with Crippen molar-refractivity contribution in [2.24, 2.45) is 0 Å². The number of ether oxygens (including phenoxy) is 1. The van der Waals surface area contributed by atoms with Crippen LogP contribution >= 0.6 is 15.9 Å². The second kappa shape index (κ2) is 5.29. The lowest BCUT2D eigenvalue weighted by molar-refractivity contribution is -0.0505.